The number of rotatable bonds is 7. The Bertz CT molecular complexity index is 1020. The van der Waals surface area contributed by atoms with Crippen molar-refractivity contribution < 1.29 is 22.7 Å². The molecule has 2 aromatic carbocycles. The molecule has 3 N–H and O–H groups in total. The molecule has 0 atom stereocenters. The monoisotopic (exact) mass is 417 g/mol. The summed E-state index contributed by atoms with van der Waals surface area (Å²) >= 11 is 0. The van der Waals surface area contributed by atoms with E-state index in [1.807, 2.05) is 25.1 Å². The molecule has 2 amide bonds. The van der Waals surface area contributed by atoms with Gasteiger partial charge in [0.05, 0.1) is 10.6 Å². The van der Waals surface area contributed by atoms with Crippen LogP contribution in [0.1, 0.15) is 17.5 Å². The minimum absolute atomic E-state index is 0.0355. The minimum atomic E-state index is -3.71. The summed E-state index contributed by atoms with van der Waals surface area (Å²) in [6, 6.07) is 11.8. The fraction of sp³-hybridized carbons (Fsp3) is 0.300. The lowest BCUT2D eigenvalue weighted by Gasteiger charge is -2.29. The third-order valence-corrected chi connectivity index (χ3v) is 5.54. The number of benzene rings is 2. The van der Waals surface area contributed by atoms with Crippen LogP contribution in [-0.4, -0.2) is 39.9 Å². The second kappa shape index (κ2) is 8.62. The zero-order valence-corrected chi connectivity index (χ0v) is 16.9. The van der Waals surface area contributed by atoms with Crippen molar-refractivity contribution in [3.05, 3.63) is 53.6 Å². The zero-order chi connectivity index (χ0) is 21.0. The Hall–Kier alpha value is -2.91. The molecule has 0 radical (unpaired) electrons. The molecule has 3 rings (SSSR count). The van der Waals surface area contributed by atoms with Crippen molar-refractivity contribution in [3.8, 4) is 5.75 Å². The molecule has 9 heteroatoms. The van der Waals surface area contributed by atoms with Crippen molar-refractivity contribution in [1.82, 2.24) is 5.32 Å². The van der Waals surface area contributed by atoms with Gasteiger partial charge in [-0.1, -0.05) is 18.2 Å². The first kappa shape index (κ1) is 20.8. The quantitative estimate of drug-likeness (QED) is 0.700. The average Bonchev–Trinajstić information content (AvgIpc) is 2.67. The van der Waals surface area contributed by atoms with Crippen LogP contribution < -0.4 is 20.1 Å². The topological polar surface area (TPSA) is 119 Å². The van der Waals surface area contributed by atoms with Crippen molar-refractivity contribution in [3.63, 3.8) is 0 Å². The lowest BCUT2D eigenvalue weighted by Crippen LogP contribution is -2.41. The Morgan fingerprint density at radius 3 is 2.62 bits per heavy atom. The van der Waals surface area contributed by atoms with Gasteiger partial charge in [-0.3, -0.25) is 9.59 Å². The summed E-state index contributed by atoms with van der Waals surface area (Å²) < 4.78 is 27.9. The van der Waals surface area contributed by atoms with E-state index >= 15 is 0 Å². The summed E-state index contributed by atoms with van der Waals surface area (Å²) in [6.07, 6.45) is 0.721. The van der Waals surface area contributed by atoms with Crippen molar-refractivity contribution in [2.75, 3.05) is 24.6 Å². The Balaban J connectivity index is 1.49. The van der Waals surface area contributed by atoms with Crippen LogP contribution in [0.25, 0.3) is 0 Å². The maximum absolute atomic E-state index is 12.2. The minimum Gasteiger partial charge on any atom is -0.482 e. The van der Waals surface area contributed by atoms with E-state index in [4.69, 9.17) is 9.88 Å². The molecule has 154 valence electrons. The molecule has 0 bridgehead atoms. The summed E-state index contributed by atoms with van der Waals surface area (Å²) in [5.41, 5.74) is 2.57. The SMILES string of the molecule is Cc1ccc2c(c1)N(CCC(=O)NCCc1ccc(S(N)(=O)=O)cc1)C(=O)CO2. The number of aryl methyl sites for hydroxylation is 1. The van der Waals surface area contributed by atoms with Gasteiger partial charge in [-0.2, -0.15) is 0 Å². The zero-order valence-electron chi connectivity index (χ0n) is 16.1. The molecule has 0 unspecified atom stereocenters. The number of carbonyl (C=O) groups is 2. The van der Waals surface area contributed by atoms with Gasteiger partial charge in [0.25, 0.3) is 5.91 Å². The van der Waals surface area contributed by atoms with E-state index in [0.29, 0.717) is 24.4 Å². The summed E-state index contributed by atoms with van der Waals surface area (Å²) in [5, 5.41) is 7.88. The first-order valence-electron chi connectivity index (χ1n) is 9.16. The van der Waals surface area contributed by atoms with Gasteiger partial charge in [-0.05, 0) is 48.7 Å². The fourth-order valence-corrected chi connectivity index (χ4v) is 3.57. The van der Waals surface area contributed by atoms with E-state index in [9.17, 15) is 18.0 Å². The normalized spacial score (nSPS) is 13.6. The number of anilines is 1. The number of hydrogen-bond acceptors (Lipinski definition) is 5. The number of ether oxygens (including phenoxy) is 1. The maximum atomic E-state index is 12.2. The van der Waals surface area contributed by atoms with Crippen LogP contribution in [0, 0.1) is 6.92 Å². The maximum Gasteiger partial charge on any atom is 0.265 e. The van der Waals surface area contributed by atoms with Crippen molar-refractivity contribution >= 4 is 27.5 Å². The van der Waals surface area contributed by atoms with Gasteiger partial charge in [0.1, 0.15) is 5.75 Å². The number of nitrogens with zero attached hydrogens (tertiary/aromatic N) is 1. The number of sulfonamides is 1. The first-order valence-corrected chi connectivity index (χ1v) is 10.7. The second-order valence-electron chi connectivity index (χ2n) is 6.84. The number of nitrogens with one attached hydrogen (secondary N) is 1. The van der Waals surface area contributed by atoms with Crippen LogP contribution in [0.4, 0.5) is 5.69 Å². The Morgan fingerprint density at radius 1 is 1.21 bits per heavy atom. The van der Waals surface area contributed by atoms with Gasteiger partial charge < -0.3 is 15.0 Å². The van der Waals surface area contributed by atoms with Crippen LogP contribution in [0.15, 0.2) is 47.4 Å². The molecular formula is C20H23N3O5S. The van der Waals surface area contributed by atoms with Crippen molar-refractivity contribution in [1.29, 1.82) is 0 Å². The highest BCUT2D eigenvalue weighted by molar-refractivity contribution is 7.89. The molecule has 0 saturated heterocycles. The van der Waals surface area contributed by atoms with E-state index in [2.05, 4.69) is 5.32 Å². The van der Waals surface area contributed by atoms with E-state index in [0.717, 1.165) is 11.1 Å². The molecule has 1 heterocycles. The van der Waals surface area contributed by atoms with Crippen LogP contribution in [0.2, 0.25) is 0 Å². The fourth-order valence-electron chi connectivity index (χ4n) is 3.05. The van der Waals surface area contributed by atoms with Crippen LogP contribution in [0.3, 0.4) is 0 Å². The molecule has 0 fully saturated rings. The number of amides is 2. The van der Waals surface area contributed by atoms with Gasteiger partial charge in [-0.25, -0.2) is 13.6 Å². The summed E-state index contributed by atoms with van der Waals surface area (Å²) in [6.45, 7) is 2.57. The molecular weight excluding hydrogens is 394 g/mol. The van der Waals surface area contributed by atoms with Gasteiger partial charge in [-0.15, -0.1) is 0 Å². The molecule has 1 aliphatic rings. The van der Waals surface area contributed by atoms with Crippen LogP contribution in [0.5, 0.6) is 5.75 Å². The van der Waals surface area contributed by atoms with E-state index in [1.165, 1.54) is 12.1 Å². The number of carbonyl (C=O) groups excluding carboxylic acids is 2. The van der Waals surface area contributed by atoms with Gasteiger partial charge in [0, 0.05) is 19.5 Å². The lowest BCUT2D eigenvalue weighted by molar-refractivity contribution is -0.122. The molecule has 2 aromatic rings. The molecule has 0 aliphatic carbocycles. The summed E-state index contributed by atoms with van der Waals surface area (Å²) in [7, 11) is -3.71. The smallest absolute Gasteiger partial charge is 0.265 e. The number of hydrogen-bond donors (Lipinski definition) is 2. The second-order valence-corrected chi connectivity index (χ2v) is 8.41. The summed E-state index contributed by atoms with van der Waals surface area (Å²) in [5.74, 6) is 0.295. The Kier molecular flexibility index (Phi) is 6.19. The molecule has 0 saturated carbocycles. The van der Waals surface area contributed by atoms with E-state index < -0.39 is 10.0 Å². The Labute approximate surface area is 169 Å². The molecule has 0 aromatic heterocycles. The molecule has 1 aliphatic heterocycles. The third-order valence-electron chi connectivity index (χ3n) is 4.61. The highest BCUT2D eigenvalue weighted by Crippen LogP contribution is 2.32. The highest BCUT2D eigenvalue weighted by Gasteiger charge is 2.25. The molecule has 29 heavy (non-hydrogen) atoms. The van der Waals surface area contributed by atoms with Crippen molar-refractivity contribution in [2.45, 2.75) is 24.7 Å². The molecule has 0 spiro atoms. The average molecular weight is 417 g/mol. The van der Waals surface area contributed by atoms with E-state index in [-0.39, 0.29) is 36.3 Å². The lowest BCUT2D eigenvalue weighted by atomic mass is 10.1. The Morgan fingerprint density at radius 2 is 1.93 bits per heavy atom. The van der Waals surface area contributed by atoms with Crippen LogP contribution >= 0.6 is 0 Å². The van der Waals surface area contributed by atoms with Gasteiger partial charge >= 0.3 is 0 Å². The predicted molar refractivity (Wildman–Crippen MR) is 108 cm³/mol. The van der Waals surface area contributed by atoms with Crippen LogP contribution in [-0.2, 0) is 26.0 Å². The van der Waals surface area contributed by atoms with Gasteiger partial charge in [0.15, 0.2) is 6.61 Å². The van der Waals surface area contributed by atoms with E-state index in [1.54, 1.807) is 17.0 Å². The number of primary sulfonamides is 1. The standard InChI is InChI=1S/C20H23N3O5S/c1-14-2-7-18-17(12-14)23(20(25)13-28-18)11-9-19(24)22-10-8-15-3-5-16(6-4-15)29(21,26)27/h2-7,12H,8-11,13H2,1H3,(H,22,24)(H2,21,26,27). The largest absolute Gasteiger partial charge is 0.482 e. The third kappa shape index (κ3) is 5.33. The number of fused-ring (bicyclic) bond motifs is 1. The first-order chi connectivity index (χ1) is 13.7. The highest BCUT2D eigenvalue weighted by atomic mass is 32.2. The van der Waals surface area contributed by atoms with Gasteiger partial charge in [0.2, 0.25) is 15.9 Å². The number of nitrogens with two attached hydrogens (primary N) is 1. The van der Waals surface area contributed by atoms with Crippen molar-refractivity contribution in [2.24, 2.45) is 5.14 Å². The molecule has 8 nitrogen and oxygen atoms in total. The predicted octanol–water partition coefficient (Wildman–Crippen LogP) is 1.12. The summed E-state index contributed by atoms with van der Waals surface area (Å²) in [4.78, 5) is 26.0.